The van der Waals surface area contributed by atoms with Gasteiger partial charge < -0.3 is 4.90 Å². The Kier molecular flexibility index (Phi) is 5.71. The van der Waals surface area contributed by atoms with Gasteiger partial charge in [-0.3, -0.25) is 0 Å². The Morgan fingerprint density at radius 1 is 1.36 bits per heavy atom. The molecular formula is C11H23IN2. The Hall–Kier alpha value is 0.650. The molecule has 0 aromatic heterocycles. The van der Waals surface area contributed by atoms with Crippen LogP contribution in [0.15, 0.2) is 0 Å². The van der Waals surface area contributed by atoms with Crippen molar-refractivity contribution in [1.29, 1.82) is 0 Å². The molecule has 0 saturated carbocycles. The highest BCUT2D eigenvalue weighted by Gasteiger charge is 2.20. The predicted molar refractivity (Wildman–Crippen MR) is 70.7 cm³/mol. The van der Waals surface area contributed by atoms with Gasteiger partial charge >= 0.3 is 0 Å². The zero-order valence-corrected chi connectivity index (χ0v) is 11.8. The van der Waals surface area contributed by atoms with Crippen molar-refractivity contribution in [3.05, 3.63) is 0 Å². The monoisotopic (exact) mass is 310 g/mol. The molecule has 3 heteroatoms. The van der Waals surface area contributed by atoms with Gasteiger partial charge in [0.15, 0.2) is 0 Å². The molecule has 1 aliphatic rings. The van der Waals surface area contributed by atoms with Crippen molar-refractivity contribution in [2.45, 2.75) is 39.2 Å². The normalized spacial score (nSPS) is 21.0. The van der Waals surface area contributed by atoms with Crippen LogP contribution in [0.3, 0.4) is 0 Å². The van der Waals surface area contributed by atoms with Crippen molar-refractivity contribution in [3.8, 4) is 0 Å². The van der Waals surface area contributed by atoms with E-state index in [1.54, 1.807) is 0 Å². The van der Waals surface area contributed by atoms with Gasteiger partial charge in [0.25, 0.3) is 0 Å². The summed E-state index contributed by atoms with van der Waals surface area (Å²) in [6.07, 6.45) is 4.04. The van der Waals surface area contributed by atoms with E-state index in [4.69, 9.17) is 0 Å². The number of nitrogens with zero attached hydrogens (tertiary/aromatic N) is 2. The Morgan fingerprint density at radius 2 is 1.93 bits per heavy atom. The van der Waals surface area contributed by atoms with Crippen molar-refractivity contribution in [2.75, 3.05) is 26.7 Å². The molecule has 1 saturated heterocycles. The van der Waals surface area contributed by atoms with E-state index >= 15 is 0 Å². The van der Waals surface area contributed by atoms with Crippen LogP contribution in [0.5, 0.6) is 0 Å². The van der Waals surface area contributed by atoms with Crippen LogP contribution in [0.1, 0.15) is 33.1 Å². The lowest BCUT2D eigenvalue weighted by atomic mass is 10.0. The summed E-state index contributed by atoms with van der Waals surface area (Å²) in [4.78, 5) is 2.62. The van der Waals surface area contributed by atoms with Crippen molar-refractivity contribution in [2.24, 2.45) is 5.92 Å². The van der Waals surface area contributed by atoms with E-state index in [-0.39, 0.29) is 0 Å². The number of hydrogen-bond donors (Lipinski definition) is 0. The van der Waals surface area contributed by atoms with Gasteiger partial charge in [0.2, 0.25) is 0 Å². The molecule has 0 unspecified atom stereocenters. The third kappa shape index (κ3) is 4.45. The van der Waals surface area contributed by atoms with Crippen molar-refractivity contribution >= 4 is 22.9 Å². The number of hydrogen-bond acceptors (Lipinski definition) is 2. The predicted octanol–water partition coefficient (Wildman–Crippen LogP) is 2.78. The molecule has 1 heterocycles. The van der Waals surface area contributed by atoms with Crippen molar-refractivity contribution < 1.29 is 0 Å². The maximum atomic E-state index is 2.62. The molecule has 0 aromatic rings. The minimum Gasteiger partial charge on any atom is -0.303 e. The molecule has 0 spiro atoms. The van der Waals surface area contributed by atoms with Gasteiger partial charge in [-0.25, -0.2) is 3.11 Å². The van der Waals surface area contributed by atoms with Crippen LogP contribution in [-0.4, -0.2) is 40.7 Å². The molecular weight excluding hydrogens is 287 g/mol. The first kappa shape index (κ1) is 12.7. The molecule has 14 heavy (non-hydrogen) atoms. The lowest BCUT2D eigenvalue weighted by molar-refractivity contribution is 0.174. The Morgan fingerprint density at radius 3 is 2.36 bits per heavy atom. The maximum Gasteiger partial charge on any atom is 0.0215 e. The van der Waals surface area contributed by atoms with Gasteiger partial charge in [0.05, 0.1) is 0 Å². The molecule has 1 fully saturated rings. The minimum atomic E-state index is 0.811. The topological polar surface area (TPSA) is 6.48 Å². The van der Waals surface area contributed by atoms with Crippen LogP contribution < -0.4 is 0 Å². The fourth-order valence-corrected chi connectivity index (χ4v) is 2.50. The highest BCUT2D eigenvalue weighted by molar-refractivity contribution is 14.1. The van der Waals surface area contributed by atoms with Gasteiger partial charge in [0, 0.05) is 28.9 Å². The Balaban J connectivity index is 2.16. The summed E-state index contributed by atoms with van der Waals surface area (Å²) < 4.78 is 2.34. The molecule has 0 N–H and O–H groups in total. The van der Waals surface area contributed by atoms with E-state index in [1.807, 2.05) is 0 Å². The standard InChI is InChI=1S/C11H23IN2/c1-10(2)4-7-14-8-5-11(6-9-14)13(3)12/h10-11H,4-9H2,1-3H3. The average molecular weight is 310 g/mol. The molecule has 2 nitrogen and oxygen atoms in total. The van der Waals surface area contributed by atoms with E-state index in [0.717, 1.165) is 12.0 Å². The Labute approximate surface area is 103 Å². The quantitative estimate of drug-likeness (QED) is 0.582. The average Bonchev–Trinajstić information content (AvgIpc) is 2.15. The second kappa shape index (κ2) is 6.28. The third-order valence-corrected chi connectivity index (χ3v) is 3.87. The summed E-state index contributed by atoms with van der Waals surface area (Å²) in [5, 5.41) is 0. The fourth-order valence-electron chi connectivity index (χ4n) is 1.94. The lowest BCUT2D eigenvalue weighted by Crippen LogP contribution is -2.40. The molecule has 0 aromatic carbocycles. The SMILES string of the molecule is CC(C)CCN1CCC(N(C)I)CC1. The van der Waals surface area contributed by atoms with E-state index in [2.05, 4.69) is 51.8 Å². The van der Waals surface area contributed by atoms with E-state index in [0.29, 0.717) is 0 Å². The molecule has 0 aliphatic carbocycles. The van der Waals surface area contributed by atoms with E-state index < -0.39 is 0 Å². The number of halogens is 1. The largest absolute Gasteiger partial charge is 0.303 e. The highest BCUT2D eigenvalue weighted by atomic mass is 127. The fraction of sp³-hybridized carbons (Fsp3) is 1.00. The number of likely N-dealkylation sites (tertiary alicyclic amines) is 1. The van der Waals surface area contributed by atoms with Crippen LogP contribution in [0.25, 0.3) is 0 Å². The van der Waals surface area contributed by atoms with Crippen molar-refractivity contribution in [1.82, 2.24) is 8.01 Å². The van der Waals surface area contributed by atoms with Crippen molar-refractivity contribution in [3.63, 3.8) is 0 Å². The first-order valence-corrected chi connectivity index (χ1v) is 6.67. The maximum absolute atomic E-state index is 2.62. The van der Waals surface area contributed by atoms with Crippen LogP contribution in [0.2, 0.25) is 0 Å². The smallest absolute Gasteiger partial charge is 0.0215 e. The first-order chi connectivity index (χ1) is 6.59. The van der Waals surface area contributed by atoms with Crippen LogP contribution in [-0.2, 0) is 0 Å². The molecule has 84 valence electrons. The van der Waals surface area contributed by atoms with Gasteiger partial charge in [-0.05, 0) is 51.9 Å². The summed E-state index contributed by atoms with van der Waals surface area (Å²) in [7, 11) is 2.19. The second-order valence-corrected chi connectivity index (χ2v) is 6.30. The summed E-state index contributed by atoms with van der Waals surface area (Å²) in [5.41, 5.74) is 0. The zero-order chi connectivity index (χ0) is 10.6. The number of piperidine rings is 1. The first-order valence-electron chi connectivity index (χ1n) is 5.70. The molecule has 0 amide bonds. The molecule has 1 aliphatic heterocycles. The van der Waals surface area contributed by atoms with Crippen LogP contribution in [0.4, 0.5) is 0 Å². The van der Waals surface area contributed by atoms with E-state index in [1.165, 1.54) is 38.9 Å². The second-order valence-electron chi connectivity index (χ2n) is 4.78. The molecule has 0 radical (unpaired) electrons. The summed E-state index contributed by atoms with van der Waals surface area (Å²) in [6, 6.07) is 0.811. The van der Waals surface area contributed by atoms with Gasteiger partial charge in [0.1, 0.15) is 0 Å². The van der Waals surface area contributed by atoms with Gasteiger partial charge in [-0.2, -0.15) is 0 Å². The minimum absolute atomic E-state index is 0.811. The zero-order valence-electron chi connectivity index (χ0n) is 9.67. The number of rotatable bonds is 4. The molecule has 0 atom stereocenters. The molecule has 1 rings (SSSR count). The van der Waals surface area contributed by atoms with Gasteiger partial charge in [-0.15, -0.1) is 0 Å². The third-order valence-electron chi connectivity index (χ3n) is 3.08. The molecule has 0 bridgehead atoms. The summed E-state index contributed by atoms with van der Waals surface area (Å²) >= 11 is 2.42. The Bertz CT molecular complexity index is 151. The highest BCUT2D eigenvalue weighted by Crippen LogP contribution is 2.18. The van der Waals surface area contributed by atoms with Crippen LogP contribution >= 0.6 is 22.9 Å². The lowest BCUT2D eigenvalue weighted by Gasteiger charge is -2.34. The summed E-state index contributed by atoms with van der Waals surface area (Å²) in [5.74, 6) is 0.847. The summed E-state index contributed by atoms with van der Waals surface area (Å²) in [6.45, 7) is 8.52. The van der Waals surface area contributed by atoms with E-state index in [9.17, 15) is 0 Å². The van der Waals surface area contributed by atoms with Gasteiger partial charge in [-0.1, -0.05) is 13.8 Å². The van der Waals surface area contributed by atoms with Crippen LogP contribution in [0, 0.1) is 5.92 Å².